The lowest BCUT2D eigenvalue weighted by Gasteiger charge is -2.24. The van der Waals surface area contributed by atoms with Gasteiger partial charge >= 0.3 is 0 Å². The van der Waals surface area contributed by atoms with E-state index in [9.17, 15) is 9.50 Å². The maximum absolute atomic E-state index is 13.3. The molecule has 0 aromatic heterocycles. The molecule has 4 heteroatoms. The summed E-state index contributed by atoms with van der Waals surface area (Å²) in [5.41, 5.74) is 2.59. The molecule has 1 N–H and O–H groups in total. The number of nitrogens with zero attached hydrogens (tertiary/aromatic N) is 1. The first kappa shape index (κ1) is 15.0. The standard InChI is InChI=1S/C16H17BrFNO/c1-11(20)15-9-14(18)7-8-16(15)19(2)10-12-3-5-13(17)6-4-12/h3-9,11,20H,10H2,1-2H3/t11-/m0/s1. The minimum Gasteiger partial charge on any atom is -0.389 e. The quantitative estimate of drug-likeness (QED) is 0.900. The van der Waals surface area contributed by atoms with Crippen molar-refractivity contribution in [3.8, 4) is 0 Å². The van der Waals surface area contributed by atoms with Crippen LogP contribution in [0.1, 0.15) is 24.2 Å². The van der Waals surface area contributed by atoms with Gasteiger partial charge in [0.15, 0.2) is 0 Å². The van der Waals surface area contributed by atoms with E-state index >= 15 is 0 Å². The van der Waals surface area contributed by atoms with E-state index in [1.54, 1.807) is 13.0 Å². The van der Waals surface area contributed by atoms with Gasteiger partial charge in [-0.15, -0.1) is 0 Å². The topological polar surface area (TPSA) is 23.5 Å². The monoisotopic (exact) mass is 337 g/mol. The first-order valence-electron chi connectivity index (χ1n) is 6.40. The third-order valence-corrected chi connectivity index (χ3v) is 3.71. The fourth-order valence-corrected chi connectivity index (χ4v) is 2.42. The summed E-state index contributed by atoms with van der Waals surface area (Å²) >= 11 is 3.41. The molecule has 20 heavy (non-hydrogen) atoms. The fraction of sp³-hybridized carbons (Fsp3) is 0.250. The molecule has 0 amide bonds. The SMILES string of the molecule is C[C@H](O)c1cc(F)ccc1N(C)Cc1ccc(Br)cc1. The van der Waals surface area contributed by atoms with E-state index in [4.69, 9.17) is 0 Å². The Morgan fingerprint density at radius 2 is 1.85 bits per heavy atom. The van der Waals surface area contributed by atoms with Crippen LogP contribution in [0, 0.1) is 5.82 Å². The van der Waals surface area contributed by atoms with Crippen LogP contribution < -0.4 is 4.90 Å². The molecule has 0 saturated carbocycles. The molecule has 2 nitrogen and oxygen atoms in total. The molecule has 2 aromatic rings. The molecule has 0 fully saturated rings. The Hall–Kier alpha value is -1.39. The molecule has 0 heterocycles. The number of rotatable bonds is 4. The minimum atomic E-state index is -0.701. The summed E-state index contributed by atoms with van der Waals surface area (Å²) in [4.78, 5) is 2.00. The third kappa shape index (κ3) is 3.58. The van der Waals surface area contributed by atoms with Crippen molar-refractivity contribution in [1.29, 1.82) is 0 Å². The first-order chi connectivity index (χ1) is 9.47. The minimum absolute atomic E-state index is 0.332. The van der Waals surface area contributed by atoms with Gasteiger partial charge in [-0.3, -0.25) is 0 Å². The zero-order valence-electron chi connectivity index (χ0n) is 11.5. The van der Waals surface area contributed by atoms with Crippen LogP contribution in [-0.2, 0) is 6.54 Å². The normalized spacial score (nSPS) is 12.2. The number of hydrogen-bond donors (Lipinski definition) is 1. The van der Waals surface area contributed by atoms with E-state index in [1.165, 1.54) is 12.1 Å². The molecule has 0 saturated heterocycles. The third-order valence-electron chi connectivity index (χ3n) is 3.18. The maximum Gasteiger partial charge on any atom is 0.123 e. The molecule has 0 bridgehead atoms. The zero-order valence-corrected chi connectivity index (χ0v) is 13.1. The van der Waals surface area contributed by atoms with Crippen LogP contribution in [-0.4, -0.2) is 12.2 Å². The van der Waals surface area contributed by atoms with Gasteiger partial charge in [-0.05, 0) is 42.8 Å². The Bertz CT molecular complexity index is 584. The van der Waals surface area contributed by atoms with Crippen LogP contribution >= 0.6 is 15.9 Å². The molecule has 0 aliphatic heterocycles. The number of hydrogen-bond acceptors (Lipinski definition) is 2. The van der Waals surface area contributed by atoms with Crippen molar-refractivity contribution in [2.24, 2.45) is 0 Å². The summed E-state index contributed by atoms with van der Waals surface area (Å²) in [5, 5.41) is 9.78. The molecule has 2 aromatic carbocycles. The number of aliphatic hydroxyl groups excluding tert-OH is 1. The van der Waals surface area contributed by atoms with Crippen molar-refractivity contribution in [1.82, 2.24) is 0 Å². The van der Waals surface area contributed by atoms with Gasteiger partial charge in [0.05, 0.1) is 6.10 Å². The molecule has 0 unspecified atom stereocenters. The second-order valence-corrected chi connectivity index (χ2v) is 5.78. The highest BCUT2D eigenvalue weighted by molar-refractivity contribution is 9.10. The lowest BCUT2D eigenvalue weighted by molar-refractivity contribution is 0.199. The number of anilines is 1. The molecule has 1 atom stereocenters. The van der Waals surface area contributed by atoms with E-state index in [2.05, 4.69) is 15.9 Å². The van der Waals surface area contributed by atoms with Gasteiger partial charge in [0, 0.05) is 29.3 Å². The highest BCUT2D eigenvalue weighted by Gasteiger charge is 2.13. The average Bonchev–Trinajstić information content (AvgIpc) is 2.41. The molecule has 2 rings (SSSR count). The van der Waals surface area contributed by atoms with Crippen molar-refractivity contribution in [3.63, 3.8) is 0 Å². The lowest BCUT2D eigenvalue weighted by atomic mass is 10.1. The van der Waals surface area contributed by atoms with Gasteiger partial charge < -0.3 is 10.0 Å². The number of halogens is 2. The van der Waals surface area contributed by atoms with Crippen molar-refractivity contribution < 1.29 is 9.50 Å². The highest BCUT2D eigenvalue weighted by Crippen LogP contribution is 2.27. The Balaban J connectivity index is 2.24. The smallest absolute Gasteiger partial charge is 0.123 e. The summed E-state index contributed by atoms with van der Waals surface area (Å²) < 4.78 is 14.3. The largest absolute Gasteiger partial charge is 0.389 e. The summed E-state index contributed by atoms with van der Waals surface area (Å²) in [5.74, 6) is -0.332. The second kappa shape index (κ2) is 6.37. The van der Waals surface area contributed by atoms with E-state index < -0.39 is 6.10 Å². The molecule has 0 aliphatic carbocycles. The van der Waals surface area contributed by atoms with Gasteiger partial charge in [-0.2, -0.15) is 0 Å². The molecular weight excluding hydrogens is 321 g/mol. The van der Waals surface area contributed by atoms with Crippen molar-refractivity contribution >= 4 is 21.6 Å². The molecule has 0 aliphatic rings. The number of benzene rings is 2. The second-order valence-electron chi connectivity index (χ2n) is 4.86. The van der Waals surface area contributed by atoms with Gasteiger partial charge in [0.2, 0.25) is 0 Å². The zero-order chi connectivity index (χ0) is 14.7. The van der Waals surface area contributed by atoms with Crippen LogP contribution in [0.25, 0.3) is 0 Å². The molecule has 106 valence electrons. The Labute approximate surface area is 127 Å². The summed E-state index contributed by atoms with van der Waals surface area (Å²) in [7, 11) is 1.93. The fourth-order valence-electron chi connectivity index (χ4n) is 2.16. The Kier molecular flexibility index (Phi) is 4.78. The predicted molar refractivity (Wildman–Crippen MR) is 83.3 cm³/mol. The lowest BCUT2D eigenvalue weighted by Crippen LogP contribution is -2.18. The van der Waals surface area contributed by atoms with E-state index in [0.717, 1.165) is 15.7 Å². The van der Waals surface area contributed by atoms with Gasteiger partial charge in [0.1, 0.15) is 5.82 Å². The number of aliphatic hydroxyl groups is 1. The summed E-state index contributed by atoms with van der Waals surface area (Å²) in [6.45, 7) is 2.34. The van der Waals surface area contributed by atoms with E-state index in [-0.39, 0.29) is 5.82 Å². The summed E-state index contributed by atoms with van der Waals surface area (Å²) in [6.07, 6.45) is -0.701. The van der Waals surface area contributed by atoms with Crippen molar-refractivity contribution in [2.45, 2.75) is 19.6 Å². The molecular formula is C16H17BrFNO. The van der Waals surface area contributed by atoms with Crippen molar-refractivity contribution in [2.75, 3.05) is 11.9 Å². The van der Waals surface area contributed by atoms with Crippen LogP contribution in [0.15, 0.2) is 46.9 Å². The van der Waals surface area contributed by atoms with E-state index in [0.29, 0.717) is 12.1 Å². The maximum atomic E-state index is 13.3. The highest BCUT2D eigenvalue weighted by atomic mass is 79.9. The van der Waals surface area contributed by atoms with Crippen LogP contribution in [0.4, 0.5) is 10.1 Å². The molecule has 0 spiro atoms. The van der Waals surface area contributed by atoms with Crippen LogP contribution in [0.2, 0.25) is 0 Å². The van der Waals surface area contributed by atoms with Gasteiger partial charge in [0.25, 0.3) is 0 Å². The molecule has 0 radical (unpaired) electrons. The Morgan fingerprint density at radius 1 is 1.20 bits per heavy atom. The van der Waals surface area contributed by atoms with Crippen molar-refractivity contribution in [3.05, 3.63) is 63.9 Å². The predicted octanol–water partition coefficient (Wildman–Crippen LogP) is 4.28. The average molecular weight is 338 g/mol. The van der Waals surface area contributed by atoms with E-state index in [1.807, 2.05) is 36.2 Å². The van der Waals surface area contributed by atoms with Gasteiger partial charge in [-0.1, -0.05) is 28.1 Å². The van der Waals surface area contributed by atoms with Gasteiger partial charge in [-0.25, -0.2) is 4.39 Å². The first-order valence-corrected chi connectivity index (χ1v) is 7.20. The van der Waals surface area contributed by atoms with Crippen LogP contribution in [0.3, 0.4) is 0 Å². The Morgan fingerprint density at radius 3 is 2.45 bits per heavy atom. The summed E-state index contributed by atoms with van der Waals surface area (Å²) in [6, 6.07) is 12.6. The van der Waals surface area contributed by atoms with Crippen LogP contribution in [0.5, 0.6) is 0 Å².